The van der Waals surface area contributed by atoms with E-state index < -0.39 is 0 Å². The van der Waals surface area contributed by atoms with E-state index in [1.165, 1.54) is 14.6 Å². The van der Waals surface area contributed by atoms with Gasteiger partial charge in [-0.2, -0.15) is 5.10 Å². The van der Waals surface area contributed by atoms with Gasteiger partial charge in [0.05, 0.1) is 18.3 Å². The topological polar surface area (TPSA) is 44.4 Å². The lowest BCUT2D eigenvalue weighted by Gasteiger charge is -2.35. The van der Waals surface area contributed by atoms with Gasteiger partial charge >= 0.3 is 0 Å². The fraction of sp³-hybridized carbons (Fsp3) is 0.316. The maximum atomic E-state index is 5.24. The standard InChI is InChI=1S/C19H21IN4O/c1-25-15-7-5-14(6-8-15)24-11-9-23(10-12-24)13-18-16-3-2-4-17(20)19(16)22-21-18/h2-8H,9-13H2,1H3,(H,21,22). The zero-order chi connectivity index (χ0) is 17.2. The molecule has 0 bridgehead atoms. The van der Waals surface area contributed by atoms with Crippen molar-refractivity contribution in [3.05, 3.63) is 51.7 Å². The molecule has 2 heterocycles. The van der Waals surface area contributed by atoms with E-state index in [-0.39, 0.29) is 0 Å². The molecule has 4 rings (SSSR count). The number of nitrogens with one attached hydrogen (secondary N) is 1. The van der Waals surface area contributed by atoms with Crippen LogP contribution in [0.3, 0.4) is 0 Å². The monoisotopic (exact) mass is 448 g/mol. The Hall–Kier alpha value is -1.80. The van der Waals surface area contributed by atoms with Crippen LogP contribution in [0.2, 0.25) is 0 Å². The largest absolute Gasteiger partial charge is 0.497 e. The third-order valence-corrected chi connectivity index (χ3v) is 5.71. The minimum atomic E-state index is 0.899. The molecule has 0 amide bonds. The van der Waals surface area contributed by atoms with Gasteiger partial charge in [0, 0.05) is 47.4 Å². The Morgan fingerprint density at radius 1 is 1.08 bits per heavy atom. The molecular formula is C19H21IN4O. The van der Waals surface area contributed by atoms with Crippen molar-refractivity contribution in [1.82, 2.24) is 15.1 Å². The number of hydrogen-bond acceptors (Lipinski definition) is 4. The molecule has 130 valence electrons. The fourth-order valence-electron chi connectivity index (χ4n) is 3.35. The number of piperazine rings is 1. The van der Waals surface area contributed by atoms with Crippen LogP contribution in [0.1, 0.15) is 5.69 Å². The van der Waals surface area contributed by atoms with Gasteiger partial charge in [-0.1, -0.05) is 12.1 Å². The van der Waals surface area contributed by atoms with E-state index in [4.69, 9.17) is 4.74 Å². The summed E-state index contributed by atoms with van der Waals surface area (Å²) in [7, 11) is 1.70. The molecule has 3 aromatic rings. The second-order valence-electron chi connectivity index (χ2n) is 6.29. The molecule has 2 aromatic carbocycles. The molecule has 1 saturated heterocycles. The quantitative estimate of drug-likeness (QED) is 0.621. The molecule has 6 heteroatoms. The van der Waals surface area contributed by atoms with Crippen LogP contribution < -0.4 is 9.64 Å². The number of methoxy groups -OCH3 is 1. The molecule has 1 N–H and O–H groups in total. The van der Waals surface area contributed by atoms with E-state index in [0.29, 0.717) is 0 Å². The van der Waals surface area contributed by atoms with Crippen LogP contribution >= 0.6 is 22.6 Å². The van der Waals surface area contributed by atoms with Crippen molar-refractivity contribution < 1.29 is 4.74 Å². The van der Waals surface area contributed by atoms with Crippen LogP contribution in [0.25, 0.3) is 10.9 Å². The third kappa shape index (κ3) is 3.46. The molecule has 25 heavy (non-hydrogen) atoms. The number of nitrogens with zero attached hydrogens (tertiary/aromatic N) is 3. The average Bonchev–Trinajstić information content (AvgIpc) is 3.07. The number of para-hydroxylation sites is 1. The van der Waals surface area contributed by atoms with Gasteiger partial charge < -0.3 is 9.64 Å². The predicted octanol–water partition coefficient (Wildman–Crippen LogP) is 3.50. The van der Waals surface area contributed by atoms with Gasteiger partial charge in [-0.15, -0.1) is 0 Å². The average molecular weight is 448 g/mol. The predicted molar refractivity (Wildman–Crippen MR) is 109 cm³/mol. The Morgan fingerprint density at radius 2 is 1.84 bits per heavy atom. The summed E-state index contributed by atoms with van der Waals surface area (Å²) in [6, 6.07) is 14.7. The summed E-state index contributed by atoms with van der Waals surface area (Å²) in [6.45, 7) is 5.06. The molecule has 0 radical (unpaired) electrons. The lowest BCUT2D eigenvalue weighted by Crippen LogP contribution is -2.46. The first-order valence-electron chi connectivity index (χ1n) is 8.47. The van der Waals surface area contributed by atoms with Crippen molar-refractivity contribution in [1.29, 1.82) is 0 Å². The number of H-pyrrole nitrogens is 1. The van der Waals surface area contributed by atoms with Gasteiger partial charge in [0.15, 0.2) is 0 Å². The molecule has 1 aliphatic rings. The summed E-state index contributed by atoms with van der Waals surface area (Å²) in [6.07, 6.45) is 0. The number of aromatic amines is 1. The van der Waals surface area contributed by atoms with E-state index >= 15 is 0 Å². The Labute approximate surface area is 161 Å². The van der Waals surface area contributed by atoms with Gasteiger partial charge in [0.25, 0.3) is 0 Å². The van der Waals surface area contributed by atoms with Gasteiger partial charge in [0.2, 0.25) is 0 Å². The van der Waals surface area contributed by atoms with Crippen LogP contribution in [0.5, 0.6) is 5.75 Å². The maximum Gasteiger partial charge on any atom is 0.119 e. The summed E-state index contributed by atoms with van der Waals surface area (Å²) in [5.74, 6) is 0.905. The van der Waals surface area contributed by atoms with Gasteiger partial charge in [-0.05, 0) is 52.9 Å². The number of halogens is 1. The summed E-state index contributed by atoms with van der Waals surface area (Å²) in [5.41, 5.74) is 3.56. The highest BCUT2D eigenvalue weighted by atomic mass is 127. The smallest absolute Gasteiger partial charge is 0.119 e. The van der Waals surface area contributed by atoms with Crippen molar-refractivity contribution in [2.24, 2.45) is 0 Å². The molecule has 1 fully saturated rings. The van der Waals surface area contributed by atoms with Gasteiger partial charge in [0.1, 0.15) is 5.75 Å². The second kappa shape index (κ2) is 7.21. The third-order valence-electron chi connectivity index (χ3n) is 4.81. The number of aromatic nitrogens is 2. The Kier molecular flexibility index (Phi) is 4.80. The zero-order valence-corrected chi connectivity index (χ0v) is 16.4. The Morgan fingerprint density at radius 3 is 2.56 bits per heavy atom. The van der Waals surface area contributed by atoms with E-state index in [1.54, 1.807) is 7.11 Å². The van der Waals surface area contributed by atoms with Crippen molar-refractivity contribution in [2.45, 2.75) is 6.54 Å². The minimum absolute atomic E-state index is 0.899. The normalized spacial score (nSPS) is 15.7. The zero-order valence-electron chi connectivity index (χ0n) is 14.2. The molecule has 1 aromatic heterocycles. The van der Waals surface area contributed by atoms with E-state index in [2.05, 4.69) is 72.9 Å². The van der Waals surface area contributed by atoms with E-state index in [0.717, 1.165) is 49.7 Å². The molecule has 1 aliphatic heterocycles. The van der Waals surface area contributed by atoms with Crippen molar-refractivity contribution in [2.75, 3.05) is 38.2 Å². The summed E-state index contributed by atoms with van der Waals surface area (Å²) >= 11 is 2.36. The lowest BCUT2D eigenvalue weighted by atomic mass is 10.2. The van der Waals surface area contributed by atoms with E-state index in [9.17, 15) is 0 Å². The number of ether oxygens (including phenoxy) is 1. The van der Waals surface area contributed by atoms with Crippen LogP contribution in [0.15, 0.2) is 42.5 Å². The van der Waals surface area contributed by atoms with Crippen LogP contribution in [-0.4, -0.2) is 48.4 Å². The van der Waals surface area contributed by atoms with Gasteiger partial charge in [-0.25, -0.2) is 0 Å². The first-order chi connectivity index (χ1) is 12.2. The second-order valence-corrected chi connectivity index (χ2v) is 7.46. The molecule has 0 atom stereocenters. The van der Waals surface area contributed by atoms with Crippen LogP contribution in [0.4, 0.5) is 5.69 Å². The summed E-state index contributed by atoms with van der Waals surface area (Å²) < 4.78 is 6.46. The number of anilines is 1. The van der Waals surface area contributed by atoms with Crippen molar-refractivity contribution in [3.8, 4) is 5.75 Å². The Balaban J connectivity index is 1.40. The molecule has 5 nitrogen and oxygen atoms in total. The molecule has 0 unspecified atom stereocenters. The number of hydrogen-bond donors (Lipinski definition) is 1. The van der Waals surface area contributed by atoms with Crippen LogP contribution in [-0.2, 0) is 6.54 Å². The number of fused-ring (bicyclic) bond motifs is 1. The van der Waals surface area contributed by atoms with Crippen LogP contribution in [0, 0.1) is 3.57 Å². The SMILES string of the molecule is COc1ccc(N2CCN(Cc3n[nH]c4c(I)cccc34)CC2)cc1. The molecule has 0 saturated carbocycles. The molecular weight excluding hydrogens is 427 g/mol. The minimum Gasteiger partial charge on any atom is -0.497 e. The Bertz CT molecular complexity index is 853. The fourth-order valence-corrected chi connectivity index (χ4v) is 3.97. The summed E-state index contributed by atoms with van der Waals surface area (Å²) in [5, 5.41) is 8.97. The molecule has 0 spiro atoms. The maximum absolute atomic E-state index is 5.24. The highest BCUT2D eigenvalue weighted by molar-refractivity contribution is 14.1. The van der Waals surface area contributed by atoms with Crippen molar-refractivity contribution in [3.63, 3.8) is 0 Å². The van der Waals surface area contributed by atoms with Gasteiger partial charge in [-0.3, -0.25) is 10.00 Å². The number of rotatable bonds is 4. The first-order valence-corrected chi connectivity index (χ1v) is 9.55. The van der Waals surface area contributed by atoms with Crippen molar-refractivity contribution >= 4 is 39.2 Å². The summed E-state index contributed by atoms with van der Waals surface area (Å²) in [4.78, 5) is 4.91. The number of benzene rings is 2. The van der Waals surface area contributed by atoms with E-state index in [1.807, 2.05) is 12.1 Å². The lowest BCUT2D eigenvalue weighted by molar-refractivity contribution is 0.248. The highest BCUT2D eigenvalue weighted by Gasteiger charge is 2.19. The first kappa shape index (κ1) is 16.7. The highest BCUT2D eigenvalue weighted by Crippen LogP contribution is 2.24. The molecule has 0 aliphatic carbocycles.